The van der Waals surface area contributed by atoms with E-state index in [1.165, 1.54) is 18.5 Å². The Labute approximate surface area is 115 Å². The lowest BCUT2D eigenvalue weighted by molar-refractivity contribution is 0.266. The van der Waals surface area contributed by atoms with Crippen LogP contribution in [0.3, 0.4) is 0 Å². The van der Waals surface area contributed by atoms with Gasteiger partial charge in [-0.25, -0.2) is 0 Å². The Balaban J connectivity index is 1.93. The number of hydrogen-bond donors (Lipinski definition) is 1. The fraction of sp³-hybridized carbons (Fsp3) is 0.600. The number of rotatable bonds is 4. The molecule has 1 aliphatic heterocycles. The topological polar surface area (TPSA) is 15.3 Å². The molecule has 1 N–H and O–H groups in total. The minimum absolute atomic E-state index is 0.316. The van der Waals surface area contributed by atoms with Crippen LogP contribution in [0.25, 0.3) is 0 Å². The van der Waals surface area contributed by atoms with Crippen molar-refractivity contribution in [2.24, 2.45) is 0 Å². The Morgan fingerprint density at radius 3 is 2.61 bits per heavy atom. The van der Waals surface area contributed by atoms with Gasteiger partial charge < -0.3 is 5.32 Å². The first-order valence-electron chi connectivity index (χ1n) is 6.82. The van der Waals surface area contributed by atoms with Crippen molar-refractivity contribution >= 4 is 11.6 Å². The minimum Gasteiger partial charge on any atom is -0.306 e. The zero-order chi connectivity index (χ0) is 13.1. The van der Waals surface area contributed by atoms with Gasteiger partial charge in [-0.2, -0.15) is 0 Å². The van der Waals surface area contributed by atoms with E-state index >= 15 is 0 Å². The summed E-state index contributed by atoms with van der Waals surface area (Å²) in [6.45, 7) is 9.07. The number of halogens is 1. The van der Waals surface area contributed by atoms with Gasteiger partial charge >= 0.3 is 0 Å². The SMILES string of the molecule is CC(NC1CCN(C(C)C)C1)c1ccccc1Cl. The maximum absolute atomic E-state index is 6.23. The zero-order valence-electron chi connectivity index (χ0n) is 11.5. The highest BCUT2D eigenvalue weighted by molar-refractivity contribution is 6.31. The van der Waals surface area contributed by atoms with Crippen LogP contribution in [-0.4, -0.2) is 30.1 Å². The highest BCUT2D eigenvalue weighted by atomic mass is 35.5. The van der Waals surface area contributed by atoms with Gasteiger partial charge in [0.2, 0.25) is 0 Å². The lowest BCUT2D eigenvalue weighted by Gasteiger charge is -2.23. The van der Waals surface area contributed by atoms with Gasteiger partial charge in [-0.3, -0.25) is 4.90 Å². The van der Waals surface area contributed by atoms with Crippen molar-refractivity contribution in [1.29, 1.82) is 0 Å². The first-order valence-corrected chi connectivity index (χ1v) is 7.20. The summed E-state index contributed by atoms with van der Waals surface area (Å²) in [5.41, 5.74) is 1.20. The molecule has 2 rings (SSSR count). The third-order valence-corrected chi connectivity index (χ3v) is 4.15. The Morgan fingerprint density at radius 1 is 1.28 bits per heavy atom. The Hall–Kier alpha value is -0.570. The molecule has 1 heterocycles. The summed E-state index contributed by atoms with van der Waals surface area (Å²) in [6, 6.07) is 9.64. The Bertz CT molecular complexity index is 392. The highest BCUT2D eigenvalue weighted by Gasteiger charge is 2.25. The summed E-state index contributed by atoms with van der Waals surface area (Å²) in [5, 5.41) is 4.55. The van der Waals surface area contributed by atoms with Crippen LogP contribution in [-0.2, 0) is 0 Å². The van der Waals surface area contributed by atoms with E-state index in [0.29, 0.717) is 18.1 Å². The smallest absolute Gasteiger partial charge is 0.0453 e. The first-order chi connectivity index (χ1) is 8.58. The van der Waals surface area contributed by atoms with Crippen LogP contribution in [0.1, 0.15) is 38.8 Å². The molecule has 1 aromatic carbocycles. The largest absolute Gasteiger partial charge is 0.306 e. The number of nitrogens with zero attached hydrogens (tertiary/aromatic N) is 1. The summed E-state index contributed by atoms with van der Waals surface area (Å²) in [4.78, 5) is 2.52. The summed E-state index contributed by atoms with van der Waals surface area (Å²) in [7, 11) is 0. The van der Waals surface area contributed by atoms with Crippen molar-refractivity contribution in [2.45, 2.75) is 45.3 Å². The molecule has 2 atom stereocenters. The summed E-state index contributed by atoms with van der Waals surface area (Å²) in [6.07, 6.45) is 1.23. The second-order valence-corrected chi connectivity index (χ2v) is 5.89. The van der Waals surface area contributed by atoms with Crippen LogP contribution in [0, 0.1) is 0 Å². The van der Waals surface area contributed by atoms with Gasteiger partial charge in [-0.05, 0) is 45.4 Å². The summed E-state index contributed by atoms with van der Waals surface area (Å²) >= 11 is 6.23. The van der Waals surface area contributed by atoms with E-state index in [0.717, 1.165) is 11.6 Å². The second-order valence-electron chi connectivity index (χ2n) is 5.48. The Kier molecular flexibility index (Phi) is 4.66. The highest BCUT2D eigenvalue weighted by Crippen LogP contribution is 2.24. The lowest BCUT2D eigenvalue weighted by Crippen LogP contribution is -2.36. The van der Waals surface area contributed by atoms with Gasteiger partial charge in [0.15, 0.2) is 0 Å². The van der Waals surface area contributed by atoms with Gasteiger partial charge in [-0.15, -0.1) is 0 Å². The molecule has 0 bridgehead atoms. The minimum atomic E-state index is 0.316. The van der Waals surface area contributed by atoms with E-state index in [1.807, 2.05) is 12.1 Å². The molecule has 1 aliphatic rings. The van der Waals surface area contributed by atoms with Crippen LogP contribution >= 0.6 is 11.6 Å². The van der Waals surface area contributed by atoms with Crippen molar-refractivity contribution < 1.29 is 0 Å². The van der Waals surface area contributed by atoms with E-state index in [1.54, 1.807) is 0 Å². The molecule has 2 unspecified atom stereocenters. The molecule has 2 nitrogen and oxygen atoms in total. The molecule has 100 valence electrons. The van der Waals surface area contributed by atoms with Gasteiger partial charge in [0.05, 0.1) is 0 Å². The first kappa shape index (κ1) is 13.9. The van der Waals surface area contributed by atoms with Crippen LogP contribution in [0.15, 0.2) is 24.3 Å². The maximum Gasteiger partial charge on any atom is 0.0453 e. The second kappa shape index (κ2) is 6.05. The molecular weight excluding hydrogens is 244 g/mol. The molecule has 0 aromatic heterocycles. The fourth-order valence-electron chi connectivity index (χ4n) is 2.66. The van der Waals surface area contributed by atoms with E-state index in [9.17, 15) is 0 Å². The van der Waals surface area contributed by atoms with Crippen molar-refractivity contribution in [3.05, 3.63) is 34.9 Å². The standard InChI is InChI=1S/C15H23ClN2/c1-11(2)18-9-8-13(10-18)17-12(3)14-6-4-5-7-15(14)16/h4-7,11-13,17H,8-10H2,1-3H3. The molecular formula is C15H23ClN2. The number of benzene rings is 1. The average Bonchev–Trinajstić information content (AvgIpc) is 2.78. The van der Waals surface area contributed by atoms with Gasteiger partial charge in [0.1, 0.15) is 0 Å². The van der Waals surface area contributed by atoms with Crippen molar-refractivity contribution in [2.75, 3.05) is 13.1 Å². The molecule has 1 aromatic rings. The molecule has 0 saturated carbocycles. The van der Waals surface area contributed by atoms with E-state index in [2.05, 4.69) is 43.1 Å². The predicted molar refractivity (Wildman–Crippen MR) is 78.1 cm³/mol. The quantitative estimate of drug-likeness (QED) is 0.898. The molecule has 0 radical (unpaired) electrons. The third-order valence-electron chi connectivity index (χ3n) is 3.81. The maximum atomic E-state index is 6.23. The molecule has 0 spiro atoms. The van der Waals surface area contributed by atoms with Crippen LogP contribution in [0.5, 0.6) is 0 Å². The van der Waals surface area contributed by atoms with Crippen LogP contribution < -0.4 is 5.32 Å². The monoisotopic (exact) mass is 266 g/mol. The number of hydrogen-bond acceptors (Lipinski definition) is 2. The molecule has 3 heteroatoms. The molecule has 1 fully saturated rings. The predicted octanol–water partition coefficient (Wildman–Crippen LogP) is 3.47. The van der Waals surface area contributed by atoms with Crippen molar-refractivity contribution in [3.63, 3.8) is 0 Å². The molecule has 18 heavy (non-hydrogen) atoms. The summed E-state index contributed by atoms with van der Waals surface area (Å²) < 4.78 is 0. The number of nitrogens with one attached hydrogen (secondary N) is 1. The van der Waals surface area contributed by atoms with Gasteiger partial charge in [0.25, 0.3) is 0 Å². The molecule has 1 saturated heterocycles. The van der Waals surface area contributed by atoms with E-state index in [4.69, 9.17) is 11.6 Å². The normalized spacial score (nSPS) is 22.6. The third kappa shape index (κ3) is 3.25. The van der Waals surface area contributed by atoms with Crippen molar-refractivity contribution in [1.82, 2.24) is 10.2 Å². The van der Waals surface area contributed by atoms with Gasteiger partial charge in [0, 0.05) is 29.7 Å². The van der Waals surface area contributed by atoms with Crippen LogP contribution in [0.2, 0.25) is 5.02 Å². The van der Waals surface area contributed by atoms with E-state index < -0.39 is 0 Å². The van der Waals surface area contributed by atoms with Crippen molar-refractivity contribution in [3.8, 4) is 0 Å². The zero-order valence-corrected chi connectivity index (χ0v) is 12.2. The lowest BCUT2D eigenvalue weighted by atomic mass is 10.1. The molecule has 0 aliphatic carbocycles. The average molecular weight is 267 g/mol. The Morgan fingerprint density at radius 2 is 2.00 bits per heavy atom. The van der Waals surface area contributed by atoms with Gasteiger partial charge in [-0.1, -0.05) is 29.8 Å². The number of likely N-dealkylation sites (tertiary alicyclic amines) is 1. The summed E-state index contributed by atoms with van der Waals surface area (Å²) in [5.74, 6) is 0. The molecule has 0 amide bonds. The fourth-order valence-corrected chi connectivity index (χ4v) is 2.96. The van der Waals surface area contributed by atoms with Crippen LogP contribution in [0.4, 0.5) is 0 Å². The van der Waals surface area contributed by atoms with E-state index in [-0.39, 0.29) is 0 Å².